The lowest BCUT2D eigenvalue weighted by Crippen LogP contribution is -2.16. The van der Waals surface area contributed by atoms with Crippen LogP contribution in [0.1, 0.15) is 65.9 Å². The van der Waals surface area contributed by atoms with Crippen LogP contribution in [0.25, 0.3) is 16.5 Å². The van der Waals surface area contributed by atoms with Crippen molar-refractivity contribution in [2.24, 2.45) is 26.8 Å². The van der Waals surface area contributed by atoms with E-state index in [1.807, 2.05) is 13.0 Å². The lowest BCUT2D eigenvalue weighted by Gasteiger charge is -2.17. The number of methoxy groups -OCH3 is 1. The second-order valence-electron chi connectivity index (χ2n) is 13.5. The van der Waals surface area contributed by atoms with E-state index in [9.17, 15) is 9.90 Å². The number of aliphatic hydroxyl groups is 1. The van der Waals surface area contributed by atoms with Gasteiger partial charge in [0.2, 0.25) is 0 Å². The van der Waals surface area contributed by atoms with E-state index in [1.165, 1.54) is 12.7 Å². The third-order valence-electron chi connectivity index (χ3n) is 10.9. The number of aliphatic hydroxyl groups excluding tert-OH is 1. The maximum Gasteiger partial charge on any atom is 0.305 e. The van der Waals surface area contributed by atoms with Gasteiger partial charge in [-0.3, -0.25) is 4.79 Å². The number of aliphatic imine (C=N–C) groups is 3. The number of allylic oxidation sites excluding steroid dienone is 12. The van der Waals surface area contributed by atoms with E-state index >= 15 is 0 Å². The minimum Gasteiger partial charge on any atom is -0.511 e. The molecule has 2 atom stereocenters. The van der Waals surface area contributed by atoms with Crippen molar-refractivity contribution in [1.29, 1.82) is 0 Å². The normalized spacial score (nSPS) is 23.0. The van der Waals surface area contributed by atoms with Crippen LogP contribution in [0.4, 0.5) is 0 Å². The molecule has 49 heavy (non-hydrogen) atoms. The summed E-state index contributed by atoms with van der Waals surface area (Å²) in [7, 11) is 1.43. The third-order valence-corrected chi connectivity index (χ3v) is 11.3. The Bertz CT molecular complexity index is 2280. The van der Waals surface area contributed by atoms with Crippen molar-refractivity contribution in [2.75, 3.05) is 7.11 Å². The second-order valence-corrected chi connectivity index (χ2v) is 14.4. The third kappa shape index (κ3) is 4.92. The summed E-state index contributed by atoms with van der Waals surface area (Å²) < 4.78 is 6.05. The number of fused-ring (bicyclic) bond motifs is 6. The van der Waals surface area contributed by atoms with Gasteiger partial charge in [0.15, 0.2) is 0 Å². The smallest absolute Gasteiger partial charge is 0.305 e. The van der Waals surface area contributed by atoms with E-state index in [-0.39, 0.29) is 17.8 Å². The fourth-order valence-corrected chi connectivity index (χ4v) is 8.48. The molecule has 0 radical (unpaired) electrons. The van der Waals surface area contributed by atoms with Gasteiger partial charge in [0.1, 0.15) is 5.76 Å². The highest BCUT2D eigenvalue weighted by atomic mass is 79.9. The summed E-state index contributed by atoms with van der Waals surface area (Å²) in [6.45, 7) is 10.7. The van der Waals surface area contributed by atoms with Crippen molar-refractivity contribution in [3.8, 4) is 0 Å². The van der Waals surface area contributed by atoms with Gasteiger partial charge in [-0.05, 0) is 92.3 Å². The first-order chi connectivity index (χ1) is 23.6. The molecule has 9 heteroatoms. The highest BCUT2D eigenvalue weighted by Gasteiger charge is 2.41. The number of nitrogens with zero attached hydrogens (tertiary/aromatic N) is 3. The minimum absolute atomic E-state index is 0.000761. The van der Waals surface area contributed by atoms with Gasteiger partial charge in [-0.25, -0.2) is 15.0 Å². The number of hydrogen-bond acceptors (Lipinski definition) is 7. The number of hydrogen-bond donors (Lipinski definition) is 3. The van der Waals surface area contributed by atoms with Crippen LogP contribution in [0.5, 0.6) is 0 Å². The molecule has 3 N–H and O–H groups in total. The molecular weight excluding hydrogens is 678 g/mol. The Hall–Kier alpha value is -4.76. The molecule has 1 saturated heterocycles. The average molecular weight is 717 g/mol. The molecule has 6 heterocycles. The van der Waals surface area contributed by atoms with E-state index in [4.69, 9.17) is 19.7 Å². The summed E-state index contributed by atoms with van der Waals surface area (Å²) in [6.07, 6.45) is 10.5. The summed E-state index contributed by atoms with van der Waals surface area (Å²) in [6, 6.07) is 6.28. The predicted octanol–water partition coefficient (Wildman–Crippen LogP) is 9.01. The maximum atomic E-state index is 12.4. The van der Waals surface area contributed by atoms with Gasteiger partial charge in [-0.2, -0.15) is 0 Å². The zero-order chi connectivity index (χ0) is 34.3. The van der Waals surface area contributed by atoms with E-state index in [0.717, 1.165) is 106 Å². The Balaban J connectivity index is 1.38. The van der Waals surface area contributed by atoms with Crippen LogP contribution in [0.2, 0.25) is 0 Å². The van der Waals surface area contributed by atoms with Gasteiger partial charge in [0.05, 0.1) is 41.3 Å². The molecular formula is C40H38BrN5O3. The van der Waals surface area contributed by atoms with E-state index in [2.05, 4.69) is 90.5 Å². The van der Waals surface area contributed by atoms with Crippen molar-refractivity contribution in [3.63, 3.8) is 0 Å². The van der Waals surface area contributed by atoms with Gasteiger partial charge in [-0.1, -0.05) is 29.8 Å². The largest absolute Gasteiger partial charge is 0.511 e. The van der Waals surface area contributed by atoms with Gasteiger partial charge >= 0.3 is 5.97 Å². The Labute approximate surface area is 294 Å². The minimum atomic E-state index is -0.236. The molecule has 1 fully saturated rings. The monoisotopic (exact) mass is 715 g/mol. The molecule has 0 unspecified atom stereocenters. The zero-order valence-corrected chi connectivity index (χ0v) is 30.1. The van der Waals surface area contributed by atoms with Crippen molar-refractivity contribution < 1.29 is 14.6 Å². The Morgan fingerprint density at radius 2 is 1.80 bits per heavy atom. The van der Waals surface area contributed by atoms with E-state index < -0.39 is 0 Å². The molecule has 0 spiro atoms. The standard InChI is InChI=1S/C40H38BrN5O3/c1-7-23-18(2)29-16-34-37(27-17-42-28-10-8-22(41)12-25(27)28)20(4)31(44-34)14-30-19(3)24(9-11-36(48)49-6)39(45-30)26-13-35(47)38-21(5)32(46-40(26)38)15-33(23)43-29/h8,10,12,14-17,19,24,42,45,47H,7,9,11,13H2,1-6H3/t19-,24-/m0/s1. The molecule has 8 rings (SSSR count). The molecule has 0 saturated carbocycles. The summed E-state index contributed by atoms with van der Waals surface area (Å²) in [5, 5.41) is 16.2. The van der Waals surface area contributed by atoms with E-state index in [0.29, 0.717) is 25.0 Å². The fourth-order valence-electron chi connectivity index (χ4n) is 8.12. The van der Waals surface area contributed by atoms with E-state index in [1.54, 1.807) is 0 Å². The van der Waals surface area contributed by atoms with Gasteiger partial charge in [0.25, 0.3) is 0 Å². The number of carbonyl (C=O) groups excluding carboxylic acids is 1. The summed E-state index contributed by atoms with van der Waals surface area (Å²) >= 11 is 3.68. The van der Waals surface area contributed by atoms with Crippen LogP contribution >= 0.6 is 15.9 Å². The van der Waals surface area contributed by atoms with Gasteiger partial charge < -0.3 is 20.1 Å². The molecule has 0 amide bonds. The number of benzene rings is 1. The van der Waals surface area contributed by atoms with Crippen molar-refractivity contribution in [2.45, 2.75) is 60.3 Å². The van der Waals surface area contributed by atoms with Crippen LogP contribution in [-0.2, 0) is 9.53 Å². The zero-order valence-electron chi connectivity index (χ0n) is 28.5. The predicted molar refractivity (Wildman–Crippen MR) is 199 cm³/mol. The molecule has 1 aliphatic carbocycles. The van der Waals surface area contributed by atoms with Crippen LogP contribution < -0.4 is 5.32 Å². The SMILES string of the molecule is CCC1=C(C)C2=NC1=CC1=C(C)C3=C(O)CC(=C4NC(=CC5=NC(=C2)C(c2c[nH]c6ccc(Br)cc26)=C5C)[C@@H](C)[C@@H]4CCC(=O)OC)C3=N1. The van der Waals surface area contributed by atoms with Gasteiger partial charge in [-0.15, -0.1) is 0 Å². The lowest BCUT2D eigenvalue weighted by atomic mass is 9.86. The summed E-state index contributed by atoms with van der Waals surface area (Å²) in [4.78, 5) is 31.5. The molecule has 5 aliphatic heterocycles. The lowest BCUT2D eigenvalue weighted by molar-refractivity contribution is -0.140. The number of halogens is 1. The molecule has 6 aliphatic rings. The maximum absolute atomic E-state index is 12.4. The topological polar surface area (TPSA) is 111 Å². The number of carbonyl (C=O) groups is 1. The number of nitrogens with one attached hydrogen (secondary N) is 2. The molecule has 8 nitrogen and oxygen atoms in total. The van der Waals surface area contributed by atoms with Crippen molar-refractivity contribution >= 4 is 55.5 Å². The molecule has 1 aromatic carbocycles. The quantitative estimate of drug-likeness (QED) is 0.268. The fraction of sp³-hybridized carbons (Fsp3) is 0.300. The average Bonchev–Trinajstić information content (AvgIpc) is 3.90. The Morgan fingerprint density at radius 1 is 1.02 bits per heavy atom. The Kier molecular flexibility index (Phi) is 7.52. The highest BCUT2D eigenvalue weighted by molar-refractivity contribution is 9.10. The van der Waals surface area contributed by atoms with Crippen LogP contribution in [0, 0.1) is 11.8 Å². The molecule has 8 bridgehead atoms. The highest BCUT2D eigenvalue weighted by Crippen LogP contribution is 2.47. The van der Waals surface area contributed by atoms with Crippen LogP contribution in [0.3, 0.4) is 0 Å². The van der Waals surface area contributed by atoms with Crippen LogP contribution in [-0.4, -0.2) is 40.3 Å². The number of ether oxygens (including phenoxy) is 1. The summed E-state index contributed by atoms with van der Waals surface area (Å²) in [5.41, 5.74) is 16.4. The van der Waals surface area contributed by atoms with Crippen molar-refractivity contribution in [1.82, 2.24) is 10.3 Å². The molecule has 248 valence electrons. The number of aromatic amines is 1. The molecule has 1 aromatic heterocycles. The number of H-pyrrole nitrogens is 1. The number of esters is 1. The molecule has 2 aromatic rings. The van der Waals surface area contributed by atoms with Crippen molar-refractivity contribution in [3.05, 3.63) is 120 Å². The number of aromatic nitrogens is 1. The second kappa shape index (κ2) is 11.7. The first-order valence-corrected chi connectivity index (χ1v) is 17.7. The first-order valence-electron chi connectivity index (χ1n) is 16.9. The van der Waals surface area contributed by atoms with Crippen LogP contribution in [0.15, 0.2) is 130 Å². The summed E-state index contributed by atoms with van der Waals surface area (Å²) in [5.74, 6) is 0.145. The first kappa shape index (κ1) is 31.5. The van der Waals surface area contributed by atoms with Gasteiger partial charge in [0, 0.05) is 79.9 Å². The Morgan fingerprint density at radius 3 is 2.57 bits per heavy atom. The number of rotatable bonds is 5.